The summed E-state index contributed by atoms with van der Waals surface area (Å²) >= 11 is 0. The van der Waals surface area contributed by atoms with Crippen molar-refractivity contribution in [3.8, 4) is 11.5 Å². The van der Waals surface area contributed by atoms with Crippen LogP contribution in [0.2, 0.25) is 0 Å². The molecule has 0 aliphatic carbocycles. The van der Waals surface area contributed by atoms with Gasteiger partial charge < -0.3 is 18.9 Å². The lowest BCUT2D eigenvalue weighted by Crippen LogP contribution is -2.38. The van der Waals surface area contributed by atoms with Gasteiger partial charge in [-0.1, -0.05) is 30.3 Å². The Bertz CT molecular complexity index is 1370. The molecule has 1 N–H and O–H groups in total. The summed E-state index contributed by atoms with van der Waals surface area (Å²) in [4.78, 5) is 22.2. The normalized spacial score (nSPS) is 16.5. The quantitative estimate of drug-likeness (QED) is 0.579. The van der Waals surface area contributed by atoms with Crippen molar-refractivity contribution >= 4 is 34.6 Å². The summed E-state index contributed by atoms with van der Waals surface area (Å²) in [6.45, 7) is 2.78. The van der Waals surface area contributed by atoms with Gasteiger partial charge in [-0.15, -0.1) is 5.06 Å². The molecule has 1 aromatic heterocycles. The SMILES string of the molecule is COc1ccccc1OCCn1cc(/C=C2/C(=N)N3OC(C)=CC3=NC2=O)c2ccccc21. The molecular formula is C25H22N4O4. The van der Waals surface area contributed by atoms with E-state index in [1.54, 1.807) is 26.2 Å². The molecule has 3 aromatic rings. The molecule has 0 bridgehead atoms. The van der Waals surface area contributed by atoms with Gasteiger partial charge >= 0.3 is 0 Å². The van der Waals surface area contributed by atoms with E-state index in [1.165, 1.54) is 5.06 Å². The number of aromatic nitrogens is 1. The van der Waals surface area contributed by atoms with Crippen molar-refractivity contribution in [2.75, 3.05) is 13.7 Å². The zero-order valence-electron chi connectivity index (χ0n) is 18.2. The standard InChI is InChI=1S/C25H22N4O4/c1-16-13-23-27-25(30)19(24(26)29(23)33-16)14-17-15-28(20-8-4-3-7-18(17)20)11-12-32-22-10-6-5-9-21(22)31-2/h3-10,13-15,26H,11-12H2,1-2H3/b19-14-,26-24?. The van der Waals surface area contributed by atoms with Crippen molar-refractivity contribution in [2.24, 2.45) is 4.99 Å². The van der Waals surface area contributed by atoms with Crippen molar-refractivity contribution in [1.29, 1.82) is 5.41 Å². The number of methoxy groups -OCH3 is 1. The lowest BCUT2D eigenvalue weighted by atomic mass is 10.1. The van der Waals surface area contributed by atoms with Gasteiger partial charge in [0.1, 0.15) is 12.4 Å². The van der Waals surface area contributed by atoms with Crippen LogP contribution in [-0.2, 0) is 16.2 Å². The Kier molecular flexibility index (Phi) is 5.18. The van der Waals surface area contributed by atoms with E-state index in [1.807, 2.05) is 54.7 Å². The first-order chi connectivity index (χ1) is 16.0. The molecule has 33 heavy (non-hydrogen) atoms. The number of allylic oxidation sites excluding steroid dienone is 1. The number of nitrogens with zero attached hydrogens (tertiary/aromatic N) is 3. The number of hydrogen-bond acceptors (Lipinski definition) is 5. The molecule has 2 aliphatic heterocycles. The first-order valence-corrected chi connectivity index (χ1v) is 10.5. The monoisotopic (exact) mass is 442 g/mol. The van der Waals surface area contributed by atoms with Crippen molar-refractivity contribution in [2.45, 2.75) is 13.5 Å². The molecule has 2 aromatic carbocycles. The van der Waals surface area contributed by atoms with Crippen LogP contribution in [-0.4, -0.2) is 40.9 Å². The lowest BCUT2D eigenvalue weighted by molar-refractivity contribution is -0.114. The first-order valence-electron chi connectivity index (χ1n) is 10.5. The van der Waals surface area contributed by atoms with E-state index in [0.29, 0.717) is 36.2 Å². The van der Waals surface area contributed by atoms with E-state index in [-0.39, 0.29) is 11.4 Å². The molecule has 8 heteroatoms. The number of para-hydroxylation sites is 3. The number of carbonyl (C=O) groups excluding carboxylic acids is 1. The van der Waals surface area contributed by atoms with Crippen LogP contribution in [0.4, 0.5) is 0 Å². The Labute approximate surface area is 190 Å². The topological polar surface area (TPSA) is 89.1 Å². The van der Waals surface area contributed by atoms with Gasteiger partial charge in [-0.25, -0.2) is 0 Å². The summed E-state index contributed by atoms with van der Waals surface area (Å²) < 4.78 is 13.3. The highest BCUT2D eigenvalue weighted by Gasteiger charge is 2.34. The van der Waals surface area contributed by atoms with Gasteiger partial charge in [0.2, 0.25) is 0 Å². The maximum absolute atomic E-state index is 12.6. The van der Waals surface area contributed by atoms with Gasteiger partial charge in [0.15, 0.2) is 23.2 Å². The number of hydroxylamine groups is 2. The number of carbonyl (C=O) groups is 1. The number of fused-ring (bicyclic) bond motifs is 2. The number of hydrogen-bond donors (Lipinski definition) is 1. The highest BCUT2D eigenvalue weighted by atomic mass is 16.7. The van der Waals surface area contributed by atoms with Crippen LogP contribution < -0.4 is 9.47 Å². The van der Waals surface area contributed by atoms with E-state index in [2.05, 4.69) is 9.56 Å². The smallest absolute Gasteiger partial charge is 0.282 e. The Morgan fingerprint density at radius 1 is 1.12 bits per heavy atom. The van der Waals surface area contributed by atoms with Crippen LogP contribution in [0, 0.1) is 5.41 Å². The Balaban J connectivity index is 1.42. The maximum atomic E-state index is 12.6. The Morgan fingerprint density at radius 3 is 2.70 bits per heavy atom. The number of nitrogens with one attached hydrogen (secondary N) is 1. The summed E-state index contributed by atoms with van der Waals surface area (Å²) in [5.74, 6) is 1.79. The summed E-state index contributed by atoms with van der Waals surface area (Å²) in [5, 5.41) is 10.7. The molecule has 5 rings (SSSR count). The first kappa shape index (κ1) is 20.6. The van der Waals surface area contributed by atoms with Gasteiger partial charge in [0.05, 0.1) is 19.2 Å². The predicted molar refractivity (Wildman–Crippen MR) is 125 cm³/mol. The fraction of sp³-hybridized carbons (Fsp3) is 0.160. The molecule has 166 valence electrons. The Hall–Kier alpha value is -4.33. The average Bonchev–Trinajstić information content (AvgIpc) is 3.37. The second kappa shape index (κ2) is 8.31. The largest absolute Gasteiger partial charge is 0.493 e. The predicted octanol–water partition coefficient (Wildman–Crippen LogP) is 4.18. The molecule has 0 radical (unpaired) electrons. The van der Waals surface area contributed by atoms with Gasteiger partial charge in [0, 0.05) is 28.7 Å². The van der Waals surface area contributed by atoms with Gasteiger partial charge in [-0.2, -0.15) is 4.99 Å². The molecule has 0 saturated heterocycles. The zero-order chi connectivity index (χ0) is 22.9. The number of aliphatic imine (C=N–C) groups is 1. The summed E-state index contributed by atoms with van der Waals surface area (Å²) in [7, 11) is 1.61. The van der Waals surface area contributed by atoms with Crippen molar-refractivity contribution in [3.05, 3.63) is 77.7 Å². The Morgan fingerprint density at radius 2 is 1.88 bits per heavy atom. The molecule has 0 saturated carbocycles. The minimum absolute atomic E-state index is 0.0329. The number of benzene rings is 2. The van der Waals surface area contributed by atoms with E-state index in [4.69, 9.17) is 19.7 Å². The van der Waals surface area contributed by atoms with Crippen molar-refractivity contribution < 1.29 is 19.1 Å². The maximum Gasteiger partial charge on any atom is 0.282 e. The third kappa shape index (κ3) is 3.76. The van der Waals surface area contributed by atoms with E-state index in [0.717, 1.165) is 16.5 Å². The van der Waals surface area contributed by atoms with Gasteiger partial charge in [-0.05, 0) is 31.2 Å². The number of ether oxygens (including phenoxy) is 2. The summed E-state index contributed by atoms with van der Waals surface area (Å²) in [6.07, 6.45) is 5.29. The number of amidine groups is 2. The van der Waals surface area contributed by atoms with Crippen LogP contribution >= 0.6 is 0 Å². The van der Waals surface area contributed by atoms with Crippen LogP contribution in [0.25, 0.3) is 17.0 Å². The number of rotatable bonds is 6. The van der Waals surface area contributed by atoms with E-state index in [9.17, 15) is 4.79 Å². The second-order valence-corrected chi connectivity index (χ2v) is 7.62. The van der Waals surface area contributed by atoms with Gasteiger partial charge in [0.25, 0.3) is 5.91 Å². The average molecular weight is 442 g/mol. The molecule has 0 unspecified atom stereocenters. The van der Waals surface area contributed by atoms with Crippen molar-refractivity contribution in [3.63, 3.8) is 0 Å². The zero-order valence-corrected chi connectivity index (χ0v) is 18.2. The van der Waals surface area contributed by atoms with Crippen LogP contribution in [0.5, 0.6) is 11.5 Å². The van der Waals surface area contributed by atoms with Crippen LogP contribution in [0.1, 0.15) is 12.5 Å². The molecule has 0 fully saturated rings. The fourth-order valence-electron chi connectivity index (χ4n) is 3.92. The molecular weight excluding hydrogens is 420 g/mol. The molecule has 2 aliphatic rings. The second-order valence-electron chi connectivity index (χ2n) is 7.62. The third-order valence-corrected chi connectivity index (χ3v) is 5.46. The molecule has 8 nitrogen and oxygen atoms in total. The molecule has 1 amide bonds. The highest BCUT2D eigenvalue weighted by Crippen LogP contribution is 2.29. The summed E-state index contributed by atoms with van der Waals surface area (Å²) in [5.41, 5.74) is 2.00. The van der Waals surface area contributed by atoms with Crippen LogP contribution in [0.3, 0.4) is 0 Å². The number of amides is 1. The van der Waals surface area contributed by atoms with E-state index < -0.39 is 5.91 Å². The lowest BCUT2D eigenvalue weighted by Gasteiger charge is -2.22. The molecule has 3 heterocycles. The van der Waals surface area contributed by atoms with Gasteiger partial charge in [-0.3, -0.25) is 10.2 Å². The minimum Gasteiger partial charge on any atom is -0.493 e. The fourth-order valence-corrected chi connectivity index (χ4v) is 3.92. The minimum atomic E-state index is -0.461. The summed E-state index contributed by atoms with van der Waals surface area (Å²) in [6, 6.07) is 15.4. The molecule has 0 atom stereocenters. The van der Waals surface area contributed by atoms with Crippen LogP contribution in [0.15, 0.2) is 77.1 Å². The molecule has 0 spiro atoms. The third-order valence-electron chi connectivity index (χ3n) is 5.46. The highest BCUT2D eigenvalue weighted by molar-refractivity contribution is 6.32. The van der Waals surface area contributed by atoms with Crippen molar-refractivity contribution in [1.82, 2.24) is 9.63 Å². The van der Waals surface area contributed by atoms with E-state index >= 15 is 0 Å².